The van der Waals surface area contributed by atoms with Crippen molar-refractivity contribution in [3.8, 4) is 0 Å². The van der Waals surface area contributed by atoms with Crippen LogP contribution in [0.5, 0.6) is 0 Å². The van der Waals surface area contributed by atoms with Crippen molar-refractivity contribution in [2.45, 2.75) is 31.9 Å². The van der Waals surface area contributed by atoms with Gasteiger partial charge in [-0.1, -0.05) is 0 Å². The summed E-state index contributed by atoms with van der Waals surface area (Å²) in [5, 5.41) is 0. The van der Waals surface area contributed by atoms with Gasteiger partial charge in [0.05, 0.1) is 6.10 Å². The number of methoxy groups -OCH3 is 1. The number of hydrogen-bond acceptors (Lipinski definition) is 4. The molecule has 0 saturated carbocycles. The van der Waals surface area contributed by atoms with Crippen molar-refractivity contribution in [3.05, 3.63) is 30.1 Å². The van der Waals surface area contributed by atoms with E-state index in [1.807, 2.05) is 19.1 Å². The van der Waals surface area contributed by atoms with Gasteiger partial charge in [-0.3, -0.25) is 16.3 Å². The van der Waals surface area contributed by atoms with Crippen molar-refractivity contribution >= 4 is 0 Å². The molecule has 1 aromatic rings. The lowest BCUT2D eigenvalue weighted by Gasteiger charge is -2.19. The molecule has 0 bridgehead atoms. The summed E-state index contributed by atoms with van der Waals surface area (Å²) in [5.41, 5.74) is 4.05. The second kappa shape index (κ2) is 6.50. The standard InChI is InChI=1S/C11H19N3O/c1-9(15-2)7-11(14-12)8-10-3-5-13-6-4-10/h3-6,9,11,14H,7-8,12H2,1-2H3. The smallest absolute Gasteiger partial charge is 0.0558 e. The molecule has 1 heterocycles. The lowest BCUT2D eigenvalue weighted by molar-refractivity contribution is 0.100. The highest BCUT2D eigenvalue weighted by Crippen LogP contribution is 2.07. The molecule has 0 saturated heterocycles. The molecule has 4 heteroatoms. The van der Waals surface area contributed by atoms with E-state index in [0.29, 0.717) is 0 Å². The Morgan fingerprint density at radius 3 is 2.67 bits per heavy atom. The van der Waals surface area contributed by atoms with Gasteiger partial charge in [-0.15, -0.1) is 0 Å². The molecule has 2 unspecified atom stereocenters. The quantitative estimate of drug-likeness (QED) is 0.539. The number of aromatic nitrogens is 1. The maximum atomic E-state index is 5.50. The highest BCUT2D eigenvalue weighted by molar-refractivity contribution is 5.11. The van der Waals surface area contributed by atoms with Gasteiger partial charge in [-0.2, -0.15) is 0 Å². The van der Waals surface area contributed by atoms with Gasteiger partial charge in [0.2, 0.25) is 0 Å². The first kappa shape index (κ1) is 12.1. The van der Waals surface area contributed by atoms with Crippen LogP contribution < -0.4 is 11.3 Å². The van der Waals surface area contributed by atoms with Gasteiger partial charge in [0.1, 0.15) is 0 Å². The van der Waals surface area contributed by atoms with Gasteiger partial charge in [-0.05, 0) is 37.5 Å². The zero-order chi connectivity index (χ0) is 11.1. The van der Waals surface area contributed by atoms with Crippen LogP contribution in [0.2, 0.25) is 0 Å². The summed E-state index contributed by atoms with van der Waals surface area (Å²) in [6, 6.07) is 4.24. The molecule has 1 rings (SSSR count). The molecule has 4 nitrogen and oxygen atoms in total. The van der Waals surface area contributed by atoms with E-state index in [0.717, 1.165) is 12.8 Å². The number of nitrogens with two attached hydrogens (primary N) is 1. The van der Waals surface area contributed by atoms with E-state index in [1.165, 1.54) is 5.56 Å². The van der Waals surface area contributed by atoms with Crippen LogP contribution >= 0.6 is 0 Å². The number of rotatable bonds is 6. The van der Waals surface area contributed by atoms with Crippen LogP contribution in [0.15, 0.2) is 24.5 Å². The Labute approximate surface area is 90.8 Å². The van der Waals surface area contributed by atoms with E-state index in [9.17, 15) is 0 Å². The van der Waals surface area contributed by atoms with E-state index in [2.05, 4.69) is 10.4 Å². The van der Waals surface area contributed by atoms with E-state index >= 15 is 0 Å². The molecule has 0 fully saturated rings. The minimum absolute atomic E-state index is 0.216. The Morgan fingerprint density at radius 1 is 1.47 bits per heavy atom. The molecule has 0 radical (unpaired) electrons. The minimum atomic E-state index is 0.216. The minimum Gasteiger partial charge on any atom is -0.382 e. The molecule has 84 valence electrons. The maximum absolute atomic E-state index is 5.50. The second-order valence-corrected chi connectivity index (χ2v) is 3.71. The van der Waals surface area contributed by atoms with Gasteiger partial charge < -0.3 is 4.74 Å². The first-order chi connectivity index (χ1) is 7.26. The topological polar surface area (TPSA) is 60.2 Å². The van der Waals surface area contributed by atoms with Gasteiger partial charge in [0.15, 0.2) is 0 Å². The number of ether oxygens (including phenoxy) is 1. The first-order valence-electron chi connectivity index (χ1n) is 5.14. The van der Waals surface area contributed by atoms with Crippen LogP contribution in [0.4, 0.5) is 0 Å². The molecule has 2 atom stereocenters. The predicted molar refractivity (Wildman–Crippen MR) is 60.1 cm³/mol. The normalized spacial score (nSPS) is 14.9. The highest BCUT2D eigenvalue weighted by atomic mass is 16.5. The van der Waals surface area contributed by atoms with Crippen LogP contribution in [0.3, 0.4) is 0 Å². The SMILES string of the molecule is COC(C)CC(Cc1ccncc1)NN. The van der Waals surface area contributed by atoms with Crippen LogP contribution in [0.25, 0.3) is 0 Å². The Bertz CT molecular complexity index is 266. The summed E-state index contributed by atoms with van der Waals surface area (Å²) in [7, 11) is 1.71. The van der Waals surface area contributed by atoms with Crippen molar-refractivity contribution in [3.63, 3.8) is 0 Å². The lowest BCUT2D eigenvalue weighted by Crippen LogP contribution is -2.39. The molecule has 15 heavy (non-hydrogen) atoms. The van der Waals surface area contributed by atoms with Crippen molar-refractivity contribution in [1.82, 2.24) is 10.4 Å². The summed E-state index contributed by atoms with van der Waals surface area (Å²) in [6.07, 6.45) is 5.60. The number of nitrogens with one attached hydrogen (secondary N) is 1. The largest absolute Gasteiger partial charge is 0.382 e. The molecular formula is C11H19N3O. The van der Waals surface area contributed by atoms with Gasteiger partial charge >= 0.3 is 0 Å². The van der Waals surface area contributed by atoms with Crippen molar-refractivity contribution < 1.29 is 4.74 Å². The fraction of sp³-hybridized carbons (Fsp3) is 0.545. The third-order valence-electron chi connectivity index (χ3n) is 2.49. The summed E-state index contributed by atoms with van der Waals surface area (Å²) in [6.45, 7) is 2.04. The van der Waals surface area contributed by atoms with Crippen LogP contribution in [0, 0.1) is 0 Å². The monoisotopic (exact) mass is 209 g/mol. The Balaban J connectivity index is 2.47. The van der Waals surface area contributed by atoms with Crippen LogP contribution in [0.1, 0.15) is 18.9 Å². The predicted octanol–water partition coefficient (Wildman–Crippen LogP) is 0.881. The van der Waals surface area contributed by atoms with E-state index in [-0.39, 0.29) is 12.1 Å². The molecule has 0 amide bonds. The zero-order valence-electron chi connectivity index (χ0n) is 9.31. The molecule has 3 N–H and O–H groups in total. The maximum Gasteiger partial charge on any atom is 0.0558 e. The van der Waals surface area contributed by atoms with E-state index in [1.54, 1.807) is 19.5 Å². The molecular weight excluding hydrogens is 190 g/mol. The van der Waals surface area contributed by atoms with Gasteiger partial charge in [0.25, 0.3) is 0 Å². The summed E-state index contributed by atoms with van der Waals surface area (Å²) < 4.78 is 5.21. The molecule has 0 spiro atoms. The van der Waals surface area contributed by atoms with Gasteiger partial charge in [0, 0.05) is 25.5 Å². The third kappa shape index (κ3) is 4.38. The average molecular weight is 209 g/mol. The van der Waals surface area contributed by atoms with Crippen molar-refractivity contribution in [2.24, 2.45) is 5.84 Å². The van der Waals surface area contributed by atoms with E-state index in [4.69, 9.17) is 10.6 Å². The Hall–Kier alpha value is -0.970. The first-order valence-corrected chi connectivity index (χ1v) is 5.14. The third-order valence-corrected chi connectivity index (χ3v) is 2.49. The number of pyridine rings is 1. The van der Waals surface area contributed by atoms with Crippen LogP contribution in [-0.4, -0.2) is 24.2 Å². The molecule has 0 aromatic carbocycles. The number of nitrogens with zero attached hydrogens (tertiary/aromatic N) is 1. The summed E-state index contributed by atoms with van der Waals surface area (Å²) in [5.74, 6) is 5.50. The van der Waals surface area contributed by atoms with Crippen molar-refractivity contribution in [2.75, 3.05) is 7.11 Å². The molecule has 0 aliphatic carbocycles. The fourth-order valence-electron chi connectivity index (χ4n) is 1.51. The Morgan fingerprint density at radius 2 is 2.13 bits per heavy atom. The lowest BCUT2D eigenvalue weighted by atomic mass is 10.0. The van der Waals surface area contributed by atoms with E-state index < -0.39 is 0 Å². The van der Waals surface area contributed by atoms with Crippen LogP contribution in [-0.2, 0) is 11.2 Å². The van der Waals surface area contributed by atoms with Gasteiger partial charge in [-0.25, -0.2) is 0 Å². The molecule has 1 aromatic heterocycles. The summed E-state index contributed by atoms with van der Waals surface area (Å²) in [4.78, 5) is 3.98. The van der Waals surface area contributed by atoms with Crippen molar-refractivity contribution in [1.29, 1.82) is 0 Å². The number of hydrazine groups is 1. The molecule has 0 aliphatic heterocycles. The summed E-state index contributed by atoms with van der Waals surface area (Å²) >= 11 is 0. The second-order valence-electron chi connectivity index (χ2n) is 3.71. The zero-order valence-corrected chi connectivity index (χ0v) is 9.31. The highest BCUT2D eigenvalue weighted by Gasteiger charge is 2.11. The fourth-order valence-corrected chi connectivity index (χ4v) is 1.51. The Kier molecular flexibility index (Phi) is 5.25. The number of hydrogen-bond donors (Lipinski definition) is 2. The molecule has 0 aliphatic rings. The average Bonchev–Trinajstić information content (AvgIpc) is 2.29.